The number of carbonyl (C=O) groups excluding carboxylic acids is 2. The number of nitro benzene ring substituents is 1. The maximum atomic E-state index is 12.7. The van der Waals surface area contributed by atoms with E-state index in [1.807, 2.05) is 6.07 Å². The molecule has 0 saturated heterocycles. The Kier molecular flexibility index (Phi) is 7.07. The Morgan fingerprint density at radius 1 is 1.24 bits per heavy atom. The zero-order valence-electron chi connectivity index (χ0n) is 18.7. The summed E-state index contributed by atoms with van der Waals surface area (Å²) in [5.74, 6) is -0.942. The van der Waals surface area contributed by atoms with Crippen LogP contribution in [0.1, 0.15) is 41.4 Å². The number of ether oxygens (including phenoxy) is 1. The van der Waals surface area contributed by atoms with Gasteiger partial charge in [-0.25, -0.2) is 4.79 Å². The highest BCUT2D eigenvalue weighted by molar-refractivity contribution is 7.80. The SMILES string of the molecule is CCOC(=O)C1=C(C)N(C)C(=S)NC1c1cccc(NC(=O)c2ccc(C)c([N+](=O)[O-])c2)c1. The lowest BCUT2D eigenvalue weighted by atomic mass is 9.94. The van der Waals surface area contributed by atoms with Gasteiger partial charge in [0, 0.05) is 35.6 Å². The number of esters is 1. The third-order valence-electron chi connectivity index (χ3n) is 5.40. The molecule has 172 valence electrons. The molecule has 2 N–H and O–H groups in total. The highest BCUT2D eigenvalue weighted by Crippen LogP contribution is 2.32. The van der Waals surface area contributed by atoms with E-state index in [1.165, 1.54) is 18.2 Å². The monoisotopic (exact) mass is 468 g/mol. The molecule has 0 aliphatic carbocycles. The Bertz CT molecular complexity index is 1180. The lowest BCUT2D eigenvalue weighted by molar-refractivity contribution is -0.385. The first-order chi connectivity index (χ1) is 15.6. The summed E-state index contributed by atoms with van der Waals surface area (Å²) in [6.45, 7) is 5.37. The Balaban J connectivity index is 1.92. The largest absolute Gasteiger partial charge is 0.463 e. The van der Waals surface area contributed by atoms with E-state index in [1.54, 1.807) is 50.9 Å². The molecule has 1 atom stereocenters. The molecule has 2 aromatic carbocycles. The van der Waals surface area contributed by atoms with Crippen LogP contribution in [0.15, 0.2) is 53.7 Å². The number of hydrogen-bond donors (Lipinski definition) is 2. The second-order valence-electron chi connectivity index (χ2n) is 7.50. The molecule has 0 bridgehead atoms. The first kappa shape index (κ1) is 23.9. The van der Waals surface area contributed by atoms with Crippen LogP contribution in [-0.4, -0.2) is 40.5 Å². The van der Waals surface area contributed by atoms with Crippen molar-refractivity contribution in [3.63, 3.8) is 0 Å². The fourth-order valence-corrected chi connectivity index (χ4v) is 3.76. The van der Waals surface area contributed by atoms with Crippen LogP contribution < -0.4 is 10.6 Å². The third-order valence-corrected chi connectivity index (χ3v) is 5.79. The van der Waals surface area contributed by atoms with Gasteiger partial charge in [0.25, 0.3) is 11.6 Å². The summed E-state index contributed by atoms with van der Waals surface area (Å²) in [6.07, 6.45) is 0. The zero-order valence-corrected chi connectivity index (χ0v) is 19.5. The fraction of sp³-hybridized carbons (Fsp3) is 0.261. The molecule has 0 spiro atoms. The minimum absolute atomic E-state index is 0.125. The van der Waals surface area contributed by atoms with Crippen molar-refractivity contribution in [1.82, 2.24) is 10.2 Å². The number of anilines is 1. The molecule has 33 heavy (non-hydrogen) atoms. The first-order valence-electron chi connectivity index (χ1n) is 10.2. The summed E-state index contributed by atoms with van der Waals surface area (Å²) in [5.41, 5.74) is 2.76. The molecule has 0 saturated carbocycles. The number of hydrogen-bond acceptors (Lipinski definition) is 6. The quantitative estimate of drug-likeness (QED) is 0.284. The molecular formula is C23H24N4O5S. The fourth-order valence-electron chi connectivity index (χ4n) is 3.51. The van der Waals surface area contributed by atoms with Crippen molar-refractivity contribution in [2.45, 2.75) is 26.8 Å². The molecule has 0 fully saturated rings. The standard InChI is InChI=1S/C23H24N4O5S/c1-5-32-22(29)19-14(3)26(4)23(33)25-20(19)15-7-6-8-17(11-15)24-21(28)16-10-9-13(2)18(12-16)27(30)31/h6-12,20H,5H2,1-4H3,(H,24,28)(H,25,33). The van der Waals surface area contributed by atoms with Crippen LogP contribution in [0.2, 0.25) is 0 Å². The number of amides is 1. The Hall–Kier alpha value is -3.79. The van der Waals surface area contributed by atoms with Gasteiger partial charge in [0.2, 0.25) is 0 Å². The maximum Gasteiger partial charge on any atom is 0.338 e. The van der Waals surface area contributed by atoms with Gasteiger partial charge in [0.05, 0.1) is 23.1 Å². The van der Waals surface area contributed by atoms with Crippen molar-refractivity contribution in [2.24, 2.45) is 0 Å². The van der Waals surface area contributed by atoms with Crippen LogP contribution >= 0.6 is 12.2 Å². The molecule has 3 rings (SSSR count). The average Bonchev–Trinajstić information content (AvgIpc) is 2.77. The highest BCUT2D eigenvalue weighted by Gasteiger charge is 2.33. The lowest BCUT2D eigenvalue weighted by Gasteiger charge is -2.35. The number of allylic oxidation sites excluding steroid dienone is 1. The van der Waals surface area contributed by atoms with E-state index in [2.05, 4.69) is 10.6 Å². The van der Waals surface area contributed by atoms with Gasteiger partial charge in [-0.1, -0.05) is 18.2 Å². The lowest BCUT2D eigenvalue weighted by Crippen LogP contribution is -2.46. The van der Waals surface area contributed by atoms with Crippen molar-refractivity contribution in [3.8, 4) is 0 Å². The molecule has 0 radical (unpaired) electrons. The summed E-state index contributed by atoms with van der Waals surface area (Å²) >= 11 is 5.40. The Morgan fingerprint density at radius 2 is 1.97 bits per heavy atom. The number of thiocarbonyl (C=S) groups is 1. The number of aryl methyl sites for hydroxylation is 1. The zero-order chi connectivity index (χ0) is 24.3. The molecule has 0 aromatic heterocycles. The number of nitro groups is 1. The van der Waals surface area contributed by atoms with E-state index in [-0.39, 0.29) is 17.9 Å². The Morgan fingerprint density at radius 3 is 2.64 bits per heavy atom. The van der Waals surface area contributed by atoms with Crippen molar-refractivity contribution in [1.29, 1.82) is 0 Å². The number of carbonyl (C=O) groups is 2. The van der Waals surface area contributed by atoms with E-state index in [9.17, 15) is 19.7 Å². The Labute approximate surface area is 196 Å². The summed E-state index contributed by atoms with van der Waals surface area (Å²) < 4.78 is 5.25. The number of nitrogens with one attached hydrogen (secondary N) is 2. The first-order valence-corrected chi connectivity index (χ1v) is 10.6. The molecule has 9 nitrogen and oxygen atoms in total. The molecular weight excluding hydrogens is 444 g/mol. The summed E-state index contributed by atoms with van der Waals surface area (Å²) in [4.78, 5) is 37.8. The second kappa shape index (κ2) is 9.78. The normalized spacial score (nSPS) is 15.7. The van der Waals surface area contributed by atoms with Crippen molar-refractivity contribution >= 4 is 40.6 Å². The van der Waals surface area contributed by atoms with E-state index >= 15 is 0 Å². The van der Waals surface area contributed by atoms with Crippen LogP contribution in [0, 0.1) is 17.0 Å². The second-order valence-corrected chi connectivity index (χ2v) is 7.89. The van der Waals surface area contributed by atoms with Gasteiger partial charge in [-0.05, 0) is 56.8 Å². The predicted molar refractivity (Wildman–Crippen MR) is 128 cm³/mol. The maximum absolute atomic E-state index is 12.7. The van der Waals surface area contributed by atoms with Crippen LogP contribution in [0.4, 0.5) is 11.4 Å². The van der Waals surface area contributed by atoms with Crippen LogP contribution in [0.5, 0.6) is 0 Å². The minimum Gasteiger partial charge on any atom is -0.463 e. The number of benzene rings is 2. The van der Waals surface area contributed by atoms with Crippen LogP contribution in [0.25, 0.3) is 0 Å². The molecule has 1 aliphatic rings. The van der Waals surface area contributed by atoms with E-state index < -0.39 is 22.8 Å². The smallest absolute Gasteiger partial charge is 0.338 e. The van der Waals surface area contributed by atoms with Crippen molar-refractivity contribution < 1.29 is 19.2 Å². The molecule has 1 heterocycles. The van der Waals surface area contributed by atoms with Gasteiger partial charge in [0.15, 0.2) is 5.11 Å². The van der Waals surface area contributed by atoms with Gasteiger partial charge in [-0.3, -0.25) is 14.9 Å². The number of rotatable bonds is 6. The molecule has 1 aliphatic heterocycles. The minimum atomic E-state index is -0.565. The van der Waals surface area contributed by atoms with Crippen molar-refractivity contribution in [2.75, 3.05) is 19.0 Å². The summed E-state index contributed by atoms with van der Waals surface area (Å²) in [6, 6.07) is 10.7. The molecule has 1 amide bonds. The van der Waals surface area contributed by atoms with Gasteiger partial charge in [-0.15, -0.1) is 0 Å². The third kappa shape index (κ3) is 5.01. The van der Waals surface area contributed by atoms with Gasteiger partial charge in [0.1, 0.15) is 0 Å². The van der Waals surface area contributed by atoms with Crippen LogP contribution in [0.3, 0.4) is 0 Å². The van der Waals surface area contributed by atoms with E-state index in [0.717, 1.165) is 0 Å². The van der Waals surface area contributed by atoms with Crippen molar-refractivity contribution in [3.05, 3.63) is 80.5 Å². The van der Waals surface area contributed by atoms with E-state index in [4.69, 9.17) is 17.0 Å². The van der Waals surface area contributed by atoms with Gasteiger partial charge in [-0.2, -0.15) is 0 Å². The number of nitrogens with zero attached hydrogens (tertiary/aromatic N) is 2. The highest BCUT2D eigenvalue weighted by atomic mass is 32.1. The molecule has 10 heteroatoms. The van der Waals surface area contributed by atoms with E-state index in [0.29, 0.717) is 33.2 Å². The topological polar surface area (TPSA) is 114 Å². The predicted octanol–water partition coefficient (Wildman–Crippen LogP) is 3.85. The van der Waals surface area contributed by atoms with Gasteiger partial charge < -0.3 is 20.3 Å². The summed E-state index contributed by atoms with van der Waals surface area (Å²) in [5, 5.41) is 17.6. The molecule has 2 aromatic rings. The van der Waals surface area contributed by atoms with Gasteiger partial charge >= 0.3 is 5.97 Å². The van der Waals surface area contributed by atoms with Crippen LogP contribution in [-0.2, 0) is 9.53 Å². The average molecular weight is 469 g/mol. The summed E-state index contributed by atoms with van der Waals surface area (Å²) in [7, 11) is 1.76. The molecule has 1 unspecified atom stereocenters.